The van der Waals surface area contributed by atoms with E-state index in [0.717, 1.165) is 6.54 Å². The number of fused-ring (bicyclic) bond motifs is 1. The van der Waals surface area contributed by atoms with E-state index in [1.165, 1.54) is 0 Å². The lowest BCUT2D eigenvalue weighted by atomic mass is 9.97. The van der Waals surface area contributed by atoms with Crippen LogP contribution >= 0.6 is 0 Å². The van der Waals surface area contributed by atoms with Gasteiger partial charge in [0.2, 0.25) is 0 Å². The summed E-state index contributed by atoms with van der Waals surface area (Å²) in [5, 5.41) is 13.1. The largest absolute Gasteiger partial charge is 0.478 e. The van der Waals surface area contributed by atoms with Gasteiger partial charge in [-0.3, -0.25) is 0 Å². The van der Waals surface area contributed by atoms with Crippen LogP contribution in [-0.2, 0) is 0 Å². The summed E-state index contributed by atoms with van der Waals surface area (Å²) in [6.07, 6.45) is 0. The monoisotopic (exact) mass is 258 g/mol. The Morgan fingerprint density at radius 2 is 2.00 bits per heavy atom. The Morgan fingerprint density at radius 3 is 2.63 bits per heavy atom. The van der Waals surface area contributed by atoms with Crippen molar-refractivity contribution in [2.24, 2.45) is 5.41 Å². The maximum Gasteiger partial charge on any atom is 0.336 e. The molecular weight excluding hydrogens is 240 g/mol. The summed E-state index contributed by atoms with van der Waals surface area (Å²) in [6, 6.07) is 8.87. The van der Waals surface area contributed by atoms with E-state index in [4.69, 9.17) is 0 Å². The molecule has 0 amide bonds. The van der Waals surface area contributed by atoms with E-state index < -0.39 is 5.97 Å². The SMILES string of the molecule is CC(C)(C)CNc1cc(C(=O)O)c2ccccc2n1. The smallest absolute Gasteiger partial charge is 0.336 e. The topological polar surface area (TPSA) is 62.2 Å². The van der Waals surface area contributed by atoms with E-state index in [1.807, 2.05) is 18.2 Å². The Balaban J connectivity index is 2.44. The molecule has 1 aromatic heterocycles. The molecule has 0 aliphatic carbocycles. The fourth-order valence-corrected chi connectivity index (χ4v) is 1.80. The number of anilines is 1. The minimum absolute atomic E-state index is 0.108. The van der Waals surface area contributed by atoms with E-state index in [0.29, 0.717) is 16.7 Å². The van der Waals surface area contributed by atoms with Crippen LogP contribution in [-0.4, -0.2) is 22.6 Å². The standard InChI is InChI=1S/C15H18N2O2/c1-15(2,3)9-16-13-8-11(14(18)19)10-6-4-5-7-12(10)17-13/h4-8H,9H2,1-3H3,(H,16,17)(H,18,19). The number of pyridine rings is 1. The molecule has 0 saturated heterocycles. The van der Waals surface area contributed by atoms with E-state index in [2.05, 4.69) is 31.1 Å². The molecular formula is C15H18N2O2. The highest BCUT2D eigenvalue weighted by atomic mass is 16.4. The van der Waals surface area contributed by atoms with Crippen molar-refractivity contribution < 1.29 is 9.90 Å². The lowest BCUT2D eigenvalue weighted by molar-refractivity contribution is 0.0699. The molecule has 0 aliphatic rings. The first-order valence-electron chi connectivity index (χ1n) is 6.24. The van der Waals surface area contributed by atoms with Gasteiger partial charge in [-0.1, -0.05) is 39.0 Å². The number of rotatable bonds is 3. The van der Waals surface area contributed by atoms with Crippen molar-refractivity contribution in [3.63, 3.8) is 0 Å². The van der Waals surface area contributed by atoms with Crippen molar-refractivity contribution >= 4 is 22.7 Å². The van der Waals surface area contributed by atoms with Crippen LogP contribution in [0.4, 0.5) is 5.82 Å². The normalized spacial score (nSPS) is 11.5. The second-order valence-electron chi connectivity index (χ2n) is 5.79. The molecule has 0 fully saturated rings. The van der Waals surface area contributed by atoms with Crippen molar-refractivity contribution in [3.05, 3.63) is 35.9 Å². The number of carbonyl (C=O) groups is 1. The number of para-hydroxylation sites is 1. The average Bonchev–Trinajstić information content (AvgIpc) is 2.34. The maximum absolute atomic E-state index is 11.3. The van der Waals surface area contributed by atoms with Crippen LogP contribution in [0.15, 0.2) is 30.3 Å². The van der Waals surface area contributed by atoms with E-state index in [9.17, 15) is 9.90 Å². The zero-order valence-electron chi connectivity index (χ0n) is 11.4. The van der Waals surface area contributed by atoms with Gasteiger partial charge in [-0.05, 0) is 17.5 Å². The lowest BCUT2D eigenvalue weighted by Crippen LogP contribution is -2.19. The summed E-state index contributed by atoms with van der Waals surface area (Å²) in [6.45, 7) is 7.06. The number of carboxylic acids is 1. The van der Waals surface area contributed by atoms with Gasteiger partial charge in [-0.15, -0.1) is 0 Å². The van der Waals surface area contributed by atoms with Crippen LogP contribution in [0.3, 0.4) is 0 Å². The second-order valence-corrected chi connectivity index (χ2v) is 5.79. The first kappa shape index (κ1) is 13.3. The third kappa shape index (κ3) is 3.22. The molecule has 4 heteroatoms. The summed E-state index contributed by atoms with van der Waals surface area (Å²) in [5.41, 5.74) is 1.08. The number of hydrogen-bond donors (Lipinski definition) is 2. The lowest BCUT2D eigenvalue weighted by Gasteiger charge is -2.19. The van der Waals surface area contributed by atoms with Gasteiger partial charge in [0.1, 0.15) is 5.82 Å². The molecule has 2 N–H and O–H groups in total. The van der Waals surface area contributed by atoms with Gasteiger partial charge in [-0.25, -0.2) is 9.78 Å². The molecule has 1 aromatic carbocycles. The van der Waals surface area contributed by atoms with Crippen molar-refractivity contribution in [2.45, 2.75) is 20.8 Å². The zero-order valence-corrected chi connectivity index (χ0v) is 11.4. The van der Waals surface area contributed by atoms with Gasteiger partial charge >= 0.3 is 5.97 Å². The number of hydrogen-bond acceptors (Lipinski definition) is 3. The minimum Gasteiger partial charge on any atom is -0.478 e. The second kappa shape index (κ2) is 4.88. The van der Waals surface area contributed by atoms with Gasteiger partial charge in [0.05, 0.1) is 11.1 Å². The van der Waals surface area contributed by atoms with E-state index in [-0.39, 0.29) is 11.0 Å². The van der Waals surface area contributed by atoms with E-state index in [1.54, 1.807) is 12.1 Å². The number of aromatic nitrogens is 1. The molecule has 19 heavy (non-hydrogen) atoms. The third-order valence-electron chi connectivity index (χ3n) is 2.75. The molecule has 100 valence electrons. The van der Waals surface area contributed by atoms with E-state index >= 15 is 0 Å². The van der Waals surface area contributed by atoms with Gasteiger partial charge < -0.3 is 10.4 Å². The molecule has 0 aliphatic heterocycles. The number of carboxylic acid groups (broad SMARTS) is 1. The Morgan fingerprint density at radius 1 is 1.32 bits per heavy atom. The molecule has 2 rings (SSSR count). The predicted molar refractivity (Wildman–Crippen MR) is 76.6 cm³/mol. The number of benzene rings is 1. The summed E-state index contributed by atoms with van der Waals surface area (Å²) in [7, 11) is 0. The molecule has 0 radical (unpaired) electrons. The molecule has 0 atom stereocenters. The van der Waals surface area contributed by atoms with Crippen molar-refractivity contribution in [1.29, 1.82) is 0 Å². The Bertz CT molecular complexity index is 615. The highest BCUT2D eigenvalue weighted by molar-refractivity contribution is 6.03. The first-order chi connectivity index (χ1) is 8.87. The van der Waals surface area contributed by atoms with Crippen LogP contribution in [0.1, 0.15) is 31.1 Å². The predicted octanol–water partition coefficient (Wildman–Crippen LogP) is 3.39. The molecule has 0 spiro atoms. The molecule has 0 bridgehead atoms. The number of nitrogens with zero attached hydrogens (tertiary/aromatic N) is 1. The molecule has 0 unspecified atom stereocenters. The Labute approximate surface area is 112 Å². The van der Waals surface area contributed by atoms with Gasteiger partial charge in [0.15, 0.2) is 0 Å². The van der Waals surface area contributed by atoms with Crippen LogP contribution < -0.4 is 5.32 Å². The van der Waals surface area contributed by atoms with Gasteiger partial charge in [0, 0.05) is 11.9 Å². The van der Waals surface area contributed by atoms with Gasteiger partial charge in [-0.2, -0.15) is 0 Å². The third-order valence-corrected chi connectivity index (χ3v) is 2.75. The Hall–Kier alpha value is -2.10. The Kier molecular flexibility index (Phi) is 3.42. The van der Waals surface area contributed by atoms with Gasteiger partial charge in [0.25, 0.3) is 0 Å². The summed E-state index contributed by atoms with van der Waals surface area (Å²) >= 11 is 0. The van der Waals surface area contributed by atoms with Crippen molar-refractivity contribution in [3.8, 4) is 0 Å². The molecule has 2 aromatic rings. The van der Waals surface area contributed by atoms with Crippen LogP contribution in [0.25, 0.3) is 10.9 Å². The van der Waals surface area contributed by atoms with Crippen molar-refractivity contribution in [1.82, 2.24) is 4.98 Å². The highest BCUT2D eigenvalue weighted by Crippen LogP contribution is 2.22. The minimum atomic E-state index is -0.933. The first-order valence-corrected chi connectivity index (χ1v) is 6.24. The zero-order chi connectivity index (χ0) is 14.0. The summed E-state index contributed by atoms with van der Waals surface area (Å²) in [4.78, 5) is 15.8. The van der Waals surface area contributed by atoms with Crippen LogP contribution in [0, 0.1) is 5.41 Å². The van der Waals surface area contributed by atoms with Crippen molar-refractivity contribution in [2.75, 3.05) is 11.9 Å². The fourth-order valence-electron chi connectivity index (χ4n) is 1.80. The average molecular weight is 258 g/mol. The number of aromatic carboxylic acids is 1. The molecule has 0 saturated carbocycles. The summed E-state index contributed by atoms with van der Waals surface area (Å²) in [5.74, 6) is -0.330. The maximum atomic E-state index is 11.3. The quantitative estimate of drug-likeness (QED) is 0.885. The molecule has 4 nitrogen and oxygen atoms in total. The highest BCUT2D eigenvalue weighted by Gasteiger charge is 2.14. The number of nitrogens with one attached hydrogen (secondary N) is 1. The van der Waals surface area contributed by atoms with Crippen LogP contribution in [0.5, 0.6) is 0 Å². The summed E-state index contributed by atoms with van der Waals surface area (Å²) < 4.78 is 0. The van der Waals surface area contributed by atoms with Crippen LogP contribution in [0.2, 0.25) is 0 Å². The fraction of sp³-hybridized carbons (Fsp3) is 0.333. The molecule has 1 heterocycles.